The fraction of sp³-hybridized carbons (Fsp3) is 0.556. The molecule has 3 amide bonds. The highest BCUT2D eigenvalue weighted by atomic mass is 16.2. The molecule has 0 atom stereocenters. The summed E-state index contributed by atoms with van der Waals surface area (Å²) in [5, 5.41) is 8.76. The van der Waals surface area contributed by atoms with Crippen LogP contribution in [0.1, 0.15) is 51.5 Å². The first kappa shape index (κ1) is 17.3. The summed E-state index contributed by atoms with van der Waals surface area (Å²) in [6.07, 6.45) is 4.85. The molecule has 0 spiro atoms. The summed E-state index contributed by atoms with van der Waals surface area (Å²) in [4.78, 5) is 23.7. The molecule has 23 heavy (non-hydrogen) atoms. The molecule has 0 bridgehead atoms. The Kier molecular flexibility index (Phi) is 6.02. The molecule has 0 unspecified atom stereocenters. The number of aryl methyl sites for hydroxylation is 1. The minimum absolute atomic E-state index is 0.0411. The molecule has 126 valence electrons. The van der Waals surface area contributed by atoms with Gasteiger partial charge in [0, 0.05) is 23.8 Å². The van der Waals surface area contributed by atoms with Gasteiger partial charge in [-0.2, -0.15) is 0 Å². The van der Waals surface area contributed by atoms with Crippen molar-refractivity contribution in [3.63, 3.8) is 0 Å². The Balaban J connectivity index is 1.94. The van der Waals surface area contributed by atoms with Crippen molar-refractivity contribution in [3.05, 3.63) is 23.8 Å². The van der Waals surface area contributed by atoms with Crippen molar-refractivity contribution in [2.45, 2.75) is 58.9 Å². The third-order valence-electron chi connectivity index (χ3n) is 4.44. The number of hydrogen-bond donors (Lipinski definition) is 3. The number of nitrogens with one attached hydrogen (secondary N) is 3. The van der Waals surface area contributed by atoms with Crippen LogP contribution < -0.4 is 16.0 Å². The molecular formula is C18H27N3O2. The van der Waals surface area contributed by atoms with E-state index in [2.05, 4.69) is 22.9 Å². The van der Waals surface area contributed by atoms with E-state index in [-0.39, 0.29) is 18.0 Å². The van der Waals surface area contributed by atoms with Crippen molar-refractivity contribution in [1.82, 2.24) is 5.32 Å². The van der Waals surface area contributed by atoms with Gasteiger partial charge in [0.2, 0.25) is 5.91 Å². The molecule has 1 aliphatic carbocycles. The smallest absolute Gasteiger partial charge is 0.319 e. The van der Waals surface area contributed by atoms with Crippen molar-refractivity contribution in [2.24, 2.45) is 5.92 Å². The Hall–Kier alpha value is -2.04. The number of benzene rings is 1. The lowest BCUT2D eigenvalue weighted by Gasteiger charge is -2.27. The van der Waals surface area contributed by atoms with Gasteiger partial charge in [0.25, 0.3) is 0 Å². The number of anilines is 2. The predicted molar refractivity (Wildman–Crippen MR) is 93.7 cm³/mol. The summed E-state index contributed by atoms with van der Waals surface area (Å²) < 4.78 is 0. The van der Waals surface area contributed by atoms with E-state index in [0.29, 0.717) is 12.1 Å². The van der Waals surface area contributed by atoms with Crippen LogP contribution in [0.2, 0.25) is 0 Å². The van der Waals surface area contributed by atoms with Crippen LogP contribution in [-0.2, 0) is 4.79 Å². The minimum atomic E-state index is -0.174. The number of urea groups is 1. The van der Waals surface area contributed by atoms with Gasteiger partial charge in [-0.15, -0.1) is 0 Å². The van der Waals surface area contributed by atoms with E-state index in [1.807, 2.05) is 19.1 Å². The maximum Gasteiger partial charge on any atom is 0.319 e. The number of carbonyl (C=O) groups excluding carboxylic acids is 2. The number of rotatable bonds is 4. The average Bonchev–Trinajstić information content (AvgIpc) is 2.52. The molecule has 0 aliphatic heterocycles. The molecule has 3 N–H and O–H groups in total. The van der Waals surface area contributed by atoms with E-state index in [9.17, 15) is 9.59 Å². The maximum absolute atomic E-state index is 12.2. The highest BCUT2D eigenvalue weighted by Gasteiger charge is 2.19. The molecule has 0 heterocycles. The topological polar surface area (TPSA) is 70.2 Å². The molecule has 5 heteroatoms. The van der Waals surface area contributed by atoms with Crippen molar-refractivity contribution in [2.75, 3.05) is 10.6 Å². The summed E-state index contributed by atoms with van der Waals surface area (Å²) in [6.45, 7) is 6.00. The first-order valence-corrected chi connectivity index (χ1v) is 8.46. The van der Waals surface area contributed by atoms with Crippen molar-refractivity contribution in [1.29, 1.82) is 0 Å². The van der Waals surface area contributed by atoms with Crippen molar-refractivity contribution >= 4 is 23.3 Å². The molecular weight excluding hydrogens is 290 g/mol. The largest absolute Gasteiger partial charge is 0.335 e. The lowest BCUT2D eigenvalue weighted by Crippen LogP contribution is -2.40. The van der Waals surface area contributed by atoms with Crippen molar-refractivity contribution < 1.29 is 9.59 Å². The van der Waals surface area contributed by atoms with E-state index >= 15 is 0 Å². The van der Waals surface area contributed by atoms with Gasteiger partial charge >= 0.3 is 6.03 Å². The highest BCUT2D eigenvalue weighted by molar-refractivity contribution is 5.94. The quantitative estimate of drug-likeness (QED) is 0.784. The first-order valence-electron chi connectivity index (χ1n) is 8.46. The molecule has 0 saturated heterocycles. The zero-order valence-electron chi connectivity index (χ0n) is 14.2. The van der Waals surface area contributed by atoms with Crippen LogP contribution in [0.15, 0.2) is 18.2 Å². The normalized spacial score (nSPS) is 20.7. The van der Waals surface area contributed by atoms with E-state index in [1.165, 1.54) is 12.8 Å². The van der Waals surface area contributed by atoms with Crippen LogP contribution in [0.3, 0.4) is 0 Å². The van der Waals surface area contributed by atoms with Gasteiger partial charge in [-0.1, -0.05) is 19.9 Å². The van der Waals surface area contributed by atoms with Crippen molar-refractivity contribution in [3.8, 4) is 0 Å². The summed E-state index contributed by atoms with van der Waals surface area (Å²) >= 11 is 0. The van der Waals surface area contributed by atoms with Gasteiger partial charge in [0.15, 0.2) is 0 Å². The van der Waals surface area contributed by atoms with Gasteiger partial charge < -0.3 is 16.0 Å². The summed E-state index contributed by atoms with van der Waals surface area (Å²) in [7, 11) is 0. The molecule has 1 aromatic rings. The van der Waals surface area contributed by atoms with Gasteiger partial charge in [0.05, 0.1) is 0 Å². The molecule has 1 aliphatic rings. The third kappa shape index (κ3) is 5.27. The van der Waals surface area contributed by atoms with E-state index in [1.54, 1.807) is 13.0 Å². The zero-order chi connectivity index (χ0) is 16.8. The van der Waals surface area contributed by atoms with Crippen LogP contribution in [0.25, 0.3) is 0 Å². The highest BCUT2D eigenvalue weighted by Crippen LogP contribution is 2.24. The Labute approximate surface area is 138 Å². The Morgan fingerprint density at radius 3 is 2.48 bits per heavy atom. The second kappa shape index (κ2) is 7.99. The molecule has 1 fully saturated rings. The van der Waals surface area contributed by atoms with Gasteiger partial charge in [-0.05, 0) is 56.2 Å². The summed E-state index contributed by atoms with van der Waals surface area (Å²) in [5.41, 5.74) is 2.39. The lowest BCUT2D eigenvalue weighted by molar-refractivity contribution is -0.115. The van der Waals surface area contributed by atoms with Gasteiger partial charge in [-0.3, -0.25) is 4.79 Å². The molecule has 0 aromatic heterocycles. The predicted octanol–water partition coefficient (Wildman–Crippen LogP) is 4.04. The second-order valence-electron chi connectivity index (χ2n) is 6.49. The van der Waals surface area contributed by atoms with Crippen LogP contribution in [0, 0.1) is 12.8 Å². The molecule has 0 radical (unpaired) electrons. The molecule has 1 saturated carbocycles. The Morgan fingerprint density at radius 2 is 1.83 bits per heavy atom. The van der Waals surface area contributed by atoms with Crippen LogP contribution in [0.4, 0.5) is 16.2 Å². The van der Waals surface area contributed by atoms with Gasteiger partial charge in [0.1, 0.15) is 0 Å². The minimum Gasteiger partial charge on any atom is -0.335 e. The average molecular weight is 317 g/mol. The van der Waals surface area contributed by atoms with E-state index in [4.69, 9.17) is 0 Å². The fourth-order valence-corrected chi connectivity index (χ4v) is 2.83. The maximum atomic E-state index is 12.2. The zero-order valence-corrected chi connectivity index (χ0v) is 14.2. The molecule has 2 rings (SSSR count). The number of carbonyl (C=O) groups is 2. The van der Waals surface area contributed by atoms with Crippen LogP contribution in [-0.4, -0.2) is 18.0 Å². The van der Waals surface area contributed by atoms with Crippen LogP contribution in [0.5, 0.6) is 0 Å². The third-order valence-corrected chi connectivity index (χ3v) is 4.44. The summed E-state index contributed by atoms with van der Waals surface area (Å²) in [5.74, 6) is 0.720. The SMILES string of the molecule is CCC(=O)Nc1ccc(C)c(NC(=O)NC2CCC(C)CC2)c1. The standard InChI is InChI=1S/C18H27N3O2/c1-4-17(22)19-15-10-7-13(3)16(11-15)21-18(23)20-14-8-5-12(2)6-9-14/h7,10-12,14H,4-6,8-9H2,1-3H3,(H,19,22)(H2,20,21,23). The van der Waals surface area contributed by atoms with Gasteiger partial charge in [-0.25, -0.2) is 4.79 Å². The summed E-state index contributed by atoms with van der Waals surface area (Å²) in [6, 6.07) is 5.62. The molecule has 5 nitrogen and oxygen atoms in total. The van der Waals surface area contributed by atoms with E-state index in [0.717, 1.165) is 30.0 Å². The van der Waals surface area contributed by atoms with E-state index < -0.39 is 0 Å². The molecule has 1 aromatic carbocycles. The number of amides is 3. The van der Waals surface area contributed by atoms with Crippen LogP contribution >= 0.6 is 0 Å². The first-order chi connectivity index (χ1) is 11.0. The second-order valence-corrected chi connectivity index (χ2v) is 6.49. The monoisotopic (exact) mass is 317 g/mol. The lowest BCUT2D eigenvalue weighted by atomic mass is 9.87. The fourth-order valence-electron chi connectivity index (χ4n) is 2.83. The Bertz CT molecular complexity index is 563. The number of hydrogen-bond acceptors (Lipinski definition) is 2. The Morgan fingerprint density at radius 1 is 1.13 bits per heavy atom.